The van der Waals surface area contributed by atoms with E-state index in [9.17, 15) is 9.59 Å². The van der Waals surface area contributed by atoms with E-state index in [0.29, 0.717) is 13.0 Å². The maximum atomic E-state index is 12.4. The quantitative estimate of drug-likeness (QED) is 0.893. The fourth-order valence-electron chi connectivity index (χ4n) is 2.90. The first-order valence-corrected chi connectivity index (χ1v) is 6.90. The molecule has 2 rings (SSSR count). The molecule has 1 aromatic heterocycles. The van der Waals surface area contributed by atoms with Gasteiger partial charge < -0.3 is 10.0 Å². The number of carboxylic acids is 1. The molecule has 1 N–H and O–H groups in total. The van der Waals surface area contributed by atoms with Crippen LogP contribution < -0.4 is 0 Å². The molecule has 6 nitrogen and oxygen atoms in total. The zero-order chi connectivity index (χ0) is 14.9. The number of rotatable bonds is 4. The summed E-state index contributed by atoms with van der Waals surface area (Å²) in [6.07, 6.45) is 2.01. The Balaban J connectivity index is 2.09. The fourth-order valence-corrected chi connectivity index (χ4v) is 2.90. The summed E-state index contributed by atoms with van der Waals surface area (Å²) < 4.78 is 1.77. The number of carbonyl (C=O) groups is 2. The van der Waals surface area contributed by atoms with Crippen molar-refractivity contribution in [3.8, 4) is 0 Å². The molecule has 2 heterocycles. The van der Waals surface area contributed by atoms with Crippen molar-refractivity contribution in [2.24, 2.45) is 7.05 Å². The molecule has 1 amide bonds. The van der Waals surface area contributed by atoms with Gasteiger partial charge in [-0.1, -0.05) is 0 Å². The van der Waals surface area contributed by atoms with E-state index in [1.54, 1.807) is 9.58 Å². The third-order valence-electron chi connectivity index (χ3n) is 4.09. The van der Waals surface area contributed by atoms with Gasteiger partial charge in [0.25, 0.3) is 0 Å². The number of aromatic nitrogens is 2. The zero-order valence-corrected chi connectivity index (χ0v) is 12.2. The van der Waals surface area contributed by atoms with Gasteiger partial charge in [0.15, 0.2) is 0 Å². The number of carboxylic acid groups (broad SMARTS) is 1. The fraction of sp³-hybridized carbons (Fsp3) is 0.643. The molecule has 1 saturated heterocycles. The minimum atomic E-state index is -0.844. The SMILES string of the molecule is Cc1nn(C)c(C)c1CC(=O)N1CCCC1CC(=O)O. The molecule has 0 aliphatic carbocycles. The first-order valence-electron chi connectivity index (χ1n) is 6.90. The van der Waals surface area contributed by atoms with E-state index in [4.69, 9.17) is 5.11 Å². The summed E-state index contributed by atoms with van der Waals surface area (Å²) >= 11 is 0. The minimum absolute atomic E-state index is 0.00736. The number of likely N-dealkylation sites (tertiary alicyclic amines) is 1. The molecule has 20 heavy (non-hydrogen) atoms. The Hall–Kier alpha value is -1.85. The molecular formula is C14H21N3O3. The molecule has 1 aliphatic rings. The third-order valence-corrected chi connectivity index (χ3v) is 4.09. The van der Waals surface area contributed by atoms with Crippen LogP contribution in [0, 0.1) is 13.8 Å². The van der Waals surface area contributed by atoms with Gasteiger partial charge >= 0.3 is 5.97 Å². The lowest BCUT2D eigenvalue weighted by atomic mass is 10.1. The molecule has 110 valence electrons. The molecule has 1 fully saturated rings. The first-order chi connectivity index (χ1) is 9.40. The Labute approximate surface area is 118 Å². The Morgan fingerprint density at radius 2 is 2.10 bits per heavy atom. The highest BCUT2D eigenvalue weighted by molar-refractivity contribution is 5.80. The van der Waals surface area contributed by atoms with E-state index in [2.05, 4.69) is 5.10 Å². The van der Waals surface area contributed by atoms with Crippen LogP contribution in [0.5, 0.6) is 0 Å². The van der Waals surface area contributed by atoms with Gasteiger partial charge in [0.2, 0.25) is 5.91 Å². The Morgan fingerprint density at radius 1 is 1.40 bits per heavy atom. The maximum Gasteiger partial charge on any atom is 0.305 e. The van der Waals surface area contributed by atoms with Crippen LogP contribution in [-0.2, 0) is 23.1 Å². The lowest BCUT2D eigenvalue weighted by Gasteiger charge is -2.23. The molecular weight excluding hydrogens is 258 g/mol. The van der Waals surface area contributed by atoms with Crippen molar-refractivity contribution in [2.75, 3.05) is 6.54 Å². The average Bonchev–Trinajstić information content (AvgIpc) is 2.89. The molecule has 0 bridgehead atoms. The summed E-state index contributed by atoms with van der Waals surface area (Å²) in [5, 5.41) is 13.2. The van der Waals surface area contributed by atoms with Crippen LogP contribution in [0.15, 0.2) is 0 Å². The predicted octanol–water partition coefficient (Wildman–Crippen LogP) is 1.05. The smallest absolute Gasteiger partial charge is 0.305 e. The summed E-state index contributed by atoms with van der Waals surface area (Å²) in [4.78, 5) is 25.0. The third kappa shape index (κ3) is 2.84. The van der Waals surface area contributed by atoms with Gasteiger partial charge in [0, 0.05) is 30.9 Å². The van der Waals surface area contributed by atoms with Crippen LogP contribution in [0.1, 0.15) is 36.2 Å². The number of aryl methyl sites for hydroxylation is 2. The first kappa shape index (κ1) is 14.6. The lowest BCUT2D eigenvalue weighted by Crippen LogP contribution is -2.37. The highest BCUT2D eigenvalue weighted by atomic mass is 16.4. The number of hydrogen-bond acceptors (Lipinski definition) is 3. The second-order valence-corrected chi connectivity index (χ2v) is 5.43. The molecule has 1 aromatic rings. The highest BCUT2D eigenvalue weighted by Gasteiger charge is 2.30. The van der Waals surface area contributed by atoms with Crippen LogP contribution in [0.25, 0.3) is 0 Å². The number of amides is 1. The number of aliphatic carboxylic acids is 1. The van der Waals surface area contributed by atoms with Crippen LogP contribution in [0.3, 0.4) is 0 Å². The number of carbonyl (C=O) groups excluding carboxylic acids is 1. The summed E-state index contributed by atoms with van der Waals surface area (Å²) in [5.41, 5.74) is 2.82. The molecule has 0 aromatic carbocycles. The van der Waals surface area contributed by atoms with Gasteiger partial charge in [-0.15, -0.1) is 0 Å². The molecule has 6 heteroatoms. The van der Waals surface area contributed by atoms with Crippen molar-refractivity contribution in [1.82, 2.24) is 14.7 Å². The summed E-state index contributed by atoms with van der Waals surface area (Å²) in [6, 6.07) is -0.155. The van der Waals surface area contributed by atoms with E-state index in [1.807, 2.05) is 20.9 Å². The lowest BCUT2D eigenvalue weighted by molar-refractivity contribution is -0.139. The number of hydrogen-bond donors (Lipinski definition) is 1. The zero-order valence-electron chi connectivity index (χ0n) is 12.2. The molecule has 1 aliphatic heterocycles. The van der Waals surface area contributed by atoms with E-state index in [0.717, 1.165) is 29.8 Å². The van der Waals surface area contributed by atoms with Crippen molar-refractivity contribution in [3.05, 3.63) is 17.0 Å². The molecule has 1 atom stereocenters. The topological polar surface area (TPSA) is 75.4 Å². The molecule has 0 saturated carbocycles. The predicted molar refractivity (Wildman–Crippen MR) is 73.4 cm³/mol. The molecule has 0 radical (unpaired) electrons. The van der Waals surface area contributed by atoms with Crippen molar-refractivity contribution in [2.45, 2.75) is 45.6 Å². The van der Waals surface area contributed by atoms with Crippen LogP contribution in [0.4, 0.5) is 0 Å². The average molecular weight is 279 g/mol. The van der Waals surface area contributed by atoms with Gasteiger partial charge in [-0.2, -0.15) is 5.10 Å². The van der Waals surface area contributed by atoms with E-state index in [1.165, 1.54) is 0 Å². The highest BCUT2D eigenvalue weighted by Crippen LogP contribution is 2.22. The standard InChI is InChI=1S/C14H21N3O3/c1-9-12(10(2)16(3)15-9)8-13(18)17-6-4-5-11(17)7-14(19)20/h11H,4-8H2,1-3H3,(H,19,20). The Kier molecular flexibility index (Phi) is 4.11. The molecule has 0 spiro atoms. The van der Waals surface area contributed by atoms with Gasteiger partial charge in [0.05, 0.1) is 18.5 Å². The van der Waals surface area contributed by atoms with Gasteiger partial charge in [-0.3, -0.25) is 14.3 Å². The normalized spacial score (nSPS) is 18.6. The van der Waals surface area contributed by atoms with Gasteiger partial charge in [-0.05, 0) is 26.7 Å². The van der Waals surface area contributed by atoms with Crippen LogP contribution in [0.2, 0.25) is 0 Å². The molecule has 1 unspecified atom stereocenters. The Morgan fingerprint density at radius 3 is 2.65 bits per heavy atom. The van der Waals surface area contributed by atoms with E-state index >= 15 is 0 Å². The maximum absolute atomic E-state index is 12.4. The minimum Gasteiger partial charge on any atom is -0.481 e. The van der Waals surface area contributed by atoms with Gasteiger partial charge in [0.1, 0.15) is 0 Å². The van der Waals surface area contributed by atoms with Crippen molar-refractivity contribution < 1.29 is 14.7 Å². The van der Waals surface area contributed by atoms with Crippen molar-refractivity contribution >= 4 is 11.9 Å². The van der Waals surface area contributed by atoms with Crippen LogP contribution >= 0.6 is 0 Å². The Bertz CT molecular complexity index is 536. The monoisotopic (exact) mass is 279 g/mol. The van der Waals surface area contributed by atoms with Crippen LogP contribution in [-0.4, -0.2) is 44.3 Å². The van der Waals surface area contributed by atoms with Crippen molar-refractivity contribution in [1.29, 1.82) is 0 Å². The van der Waals surface area contributed by atoms with Gasteiger partial charge in [-0.25, -0.2) is 0 Å². The van der Waals surface area contributed by atoms with E-state index < -0.39 is 5.97 Å². The summed E-state index contributed by atoms with van der Waals surface area (Å²) in [7, 11) is 1.86. The number of nitrogens with zero attached hydrogens (tertiary/aromatic N) is 3. The summed E-state index contributed by atoms with van der Waals surface area (Å²) in [6.45, 7) is 4.50. The van der Waals surface area contributed by atoms with Crippen molar-refractivity contribution in [3.63, 3.8) is 0 Å². The van der Waals surface area contributed by atoms with E-state index in [-0.39, 0.29) is 18.4 Å². The second kappa shape index (κ2) is 5.64. The second-order valence-electron chi connectivity index (χ2n) is 5.43. The summed E-state index contributed by atoms with van der Waals surface area (Å²) in [5.74, 6) is -0.837. The largest absolute Gasteiger partial charge is 0.481 e.